The van der Waals surface area contributed by atoms with E-state index in [1.807, 2.05) is 55.5 Å². The third kappa shape index (κ3) is 4.53. The predicted molar refractivity (Wildman–Crippen MR) is 85.9 cm³/mol. The molecule has 0 heterocycles. The van der Waals surface area contributed by atoms with Crippen molar-refractivity contribution in [3.05, 3.63) is 54.1 Å². The number of carbonyl (C=O) groups excluding carboxylic acids is 1. The van der Waals surface area contributed by atoms with E-state index in [0.29, 0.717) is 24.4 Å². The van der Waals surface area contributed by atoms with Gasteiger partial charge in [-0.2, -0.15) is 0 Å². The van der Waals surface area contributed by atoms with Crippen LogP contribution in [0, 0.1) is 6.92 Å². The summed E-state index contributed by atoms with van der Waals surface area (Å²) in [6, 6.07) is 15.5. The Kier molecular flexibility index (Phi) is 5.21. The van der Waals surface area contributed by atoms with E-state index >= 15 is 0 Å². The lowest BCUT2D eigenvalue weighted by Crippen LogP contribution is -2.16. The molecular weight excluding hydrogens is 264 g/mol. The topological polar surface area (TPSA) is 50.4 Å². The molecule has 0 spiro atoms. The molecule has 1 amide bonds. The Labute approximate surface area is 125 Å². The van der Waals surface area contributed by atoms with Crippen molar-refractivity contribution < 1.29 is 9.53 Å². The van der Waals surface area contributed by atoms with Crippen LogP contribution in [0.5, 0.6) is 5.75 Å². The number of amides is 1. The van der Waals surface area contributed by atoms with Crippen molar-refractivity contribution in [3.8, 4) is 5.75 Å². The lowest BCUT2D eigenvalue weighted by atomic mass is 10.2. The molecule has 0 fully saturated rings. The van der Waals surface area contributed by atoms with Gasteiger partial charge in [0.05, 0.1) is 12.8 Å². The van der Waals surface area contributed by atoms with Crippen LogP contribution in [0.3, 0.4) is 0 Å². The van der Waals surface area contributed by atoms with Crippen LogP contribution in [0.2, 0.25) is 0 Å². The van der Waals surface area contributed by atoms with E-state index in [2.05, 4.69) is 10.6 Å². The highest BCUT2D eigenvalue weighted by atomic mass is 16.5. The maximum atomic E-state index is 12.0. The van der Waals surface area contributed by atoms with Crippen LogP contribution in [0.25, 0.3) is 0 Å². The van der Waals surface area contributed by atoms with Gasteiger partial charge in [-0.25, -0.2) is 0 Å². The smallest absolute Gasteiger partial charge is 0.226 e. The number of rotatable bonds is 6. The second-order valence-electron chi connectivity index (χ2n) is 4.79. The summed E-state index contributed by atoms with van der Waals surface area (Å²) < 4.78 is 5.24. The van der Waals surface area contributed by atoms with Crippen LogP contribution in [0.4, 0.5) is 11.4 Å². The van der Waals surface area contributed by atoms with Gasteiger partial charge >= 0.3 is 0 Å². The minimum atomic E-state index is -0.0395. The zero-order valence-corrected chi connectivity index (χ0v) is 12.3. The van der Waals surface area contributed by atoms with Gasteiger partial charge in [-0.3, -0.25) is 4.79 Å². The van der Waals surface area contributed by atoms with Gasteiger partial charge in [0.1, 0.15) is 5.75 Å². The molecule has 0 radical (unpaired) electrons. The Morgan fingerprint density at radius 2 is 1.90 bits per heavy atom. The van der Waals surface area contributed by atoms with E-state index in [-0.39, 0.29) is 5.91 Å². The molecule has 0 aromatic heterocycles. The molecular formula is C17H20N2O2. The number of nitrogens with one attached hydrogen (secondary N) is 2. The Balaban J connectivity index is 1.86. The zero-order valence-electron chi connectivity index (χ0n) is 12.3. The first-order chi connectivity index (χ1) is 10.2. The van der Waals surface area contributed by atoms with Crippen molar-refractivity contribution in [1.29, 1.82) is 0 Å². The van der Waals surface area contributed by atoms with Gasteiger partial charge in [-0.1, -0.05) is 24.3 Å². The van der Waals surface area contributed by atoms with Gasteiger partial charge in [-0.15, -0.1) is 0 Å². The van der Waals surface area contributed by atoms with Crippen LogP contribution in [0.15, 0.2) is 48.5 Å². The maximum Gasteiger partial charge on any atom is 0.226 e. The normalized spacial score (nSPS) is 10.0. The highest BCUT2D eigenvalue weighted by Gasteiger charge is 2.07. The number of aryl methyl sites for hydroxylation is 1. The molecule has 0 saturated heterocycles. The second-order valence-corrected chi connectivity index (χ2v) is 4.79. The molecule has 0 unspecified atom stereocenters. The summed E-state index contributed by atoms with van der Waals surface area (Å²) in [5.41, 5.74) is 2.80. The molecule has 110 valence electrons. The first-order valence-corrected chi connectivity index (χ1v) is 6.92. The second kappa shape index (κ2) is 7.33. The molecule has 2 rings (SSSR count). The molecule has 0 atom stereocenters. The van der Waals surface area contributed by atoms with Crippen LogP contribution in [-0.2, 0) is 4.79 Å². The van der Waals surface area contributed by atoms with Gasteiger partial charge in [0, 0.05) is 18.7 Å². The average Bonchev–Trinajstić information content (AvgIpc) is 2.48. The standard InChI is InChI=1S/C17H20N2O2/c1-13-8-9-16(21-2)15(12-13)19-17(20)10-11-18-14-6-4-3-5-7-14/h3-9,12,18H,10-11H2,1-2H3,(H,19,20). The van der Waals surface area contributed by atoms with E-state index in [1.54, 1.807) is 7.11 Å². The number of benzene rings is 2. The van der Waals surface area contributed by atoms with E-state index in [9.17, 15) is 4.79 Å². The largest absolute Gasteiger partial charge is 0.495 e. The SMILES string of the molecule is COc1ccc(C)cc1NC(=O)CCNc1ccccc1. The summed E-state index contributed by atoms with van der Waals surface area (Å²) in [4.78, 5) is 12.0. The van der Waals surface area contributed by atoms with Gasteiger partial charge in [-0.05, 0) is 36.8 Å². The molecule has 2 aromatic rings. The van der Waals surface area contributed by atoms with E-state index in [1.165, 1.54) is 0 Å². The molecule has 0 saturated carbocycles. The van der Waals surface area contributed by atoms with E-state index in [4.69, 9.17) is 4.74 Å². The maximum absolute atomic E-state index is 12.0. The van der Waals surface area contributed by atoms with Crippen molar-refractivity contribution >= 4 is 17.3 Å². The van der Waals surface area contributed by atoms with Crippen molar-refractivity contribution in [2.75, 3.05) is 24.3 Å². The van der Waals surface area contributed by atoms with Crippen molar-refractivity contribution in [2.24, 2.45) is 0 Å². The van der Waals surface area contributed by atoms with E-state index < -0.39 is 0 Å². The summed E-state index contributed by atoms with van der Waals surface area (Å²) in [5.74, 6) is 0.632. The zero-order chi connectivity index (χ0) is 15.1. The fourth-order valence-corrected chi connectivity index (χ4v) is 2.01. The van der Waals surface area contributed by atoms with Gasteiger partial charge < -0.3 is 15.4 Å². The first kappa shape index (κ1) is 14.9. The quantitative estimate of drug-likeness (QED) is 0.854. The molecule has 4 heteroatoms. The lowest BCUT2D eigenvalue weighted by molar-refractivity contribution is -0.115. The highest BCUT2D eigenvalue weighted by Crippen LogP contribution is 2.25. The number of para-hydroxylation sites is 1. The molecule has 0 aliphatic heterocycles. The third-order valence-corrected chi connectivity index (χ3v) is 3.08. The number of hydrogen-bond donors (Lipinski definition) is 2. The number of ether oxygens (including phenoxy) is 1. The Morgan fingerprint density at radius 1 is 1.14 bits per heavy atom. The van der Waals surface area contributed by atoms with Gasteiger partial charge in [0.15, 0.2) is 0 Å². The average molecular weight is 284 g/mol. The van der Waals surface area contributed by atoms with Crippen LogP contribution < -0.4 is 15.4 Å². The molecule has 4 nitrogen and oxygen atoms in total. The third-order valence-electron chi connectivity index (χ3n) is 3.08. The first-order valence-electron chi connectivity index (χ1n) is 6.92. The Bertz CT molecular complexity index is 597. The van der Waals surface area contributed by atoms with Crippen LogP contribution >= 0.6 is 0 Å². The molecule has 2 aromatic carbocycles. The summed E-state index contributed by atoms with van der Waals surface area (Å²) >= 11 is 0. The lowest BCUT2D eigenvalue weighted by Gasteiger charge is -2.11. The Hall–Kier alpha value is -2.49. The molecule has 0 aliphatic rings. The summed E-state index contributed by atoms with van der Waals surface area (Å²) in [6.07, 6.45) is 0.395. The van der Waals surface area contributed by atoms with Crippen molar-refractivity contribution in [2.45, 2.75) is 13.3 Å². The van der Waals surface area contributed by atoms with Crippen LogP contribution in [0.1, 0.15) is 12.0 Å². The fourth-order valence-electron chi connectivity index (χ4n) is 2.01. The fraction of sp³-hybridized carbons (Fsp3) is 0.235. The molecule has 21 heavy (non-hydrogen) atoms. The molecule has 2 N–H and O–H groups in total. The van der Waals surface area contributed by atoms with Crippen molar-refractivity contribution in [1.82, 2.24) is 0 Å². The highest BCUT2D eigenvalue weighted by molar-refractivity contribution is 5.92. The predicted octanol–water partition coefficient (Wildman–Crippen LogP) is 3.44. The summed E-state index contributed by atoms with van der Waals surface area (Å²) in [6.45, 7) is 2.57. The van der Waals surface area contributed by atoms with E-state index in [0.717, 1.165) is 11.3 Å². The summed E-state index contributed by atoms with van der Waals surface area (Å²) in [7, 11) is 1.59. The van der Waals surface area contributed by atoms with Gasteiger partial charge in [0.25, 0.3) is 0 Å². The molecule has 0 bridgehead atoms. The van der Waals surface area contributed by atoms with Gasteiger partial charge in [0.2, 0.25) is 5.91 Å². The number of hydrogen-bond acceptors (Lipinski definition) is 3. The van der Waals surface area contributed by atoms with Crippen molar-refractivity contribution in [3.63, 3.8) is 0 Å². The minimum absolute atomic E-state index is 0.0395. The number of methoxy groups -OCH3 is 1. The minimum Gasteiger partial charge on any atom is -0.495 e. The summed E-state index contributed by atoms with van der Waals surface area (Å²) in [5, 5.41) is 6.09. The monoisotopic (exact) mass is 284 g/mol. The Morgan fingerprint density at radius 3 is 2.62 bits per heavy atom. The van der Waals surface area contributed by atoms with Crippen LogP contribution in [-0.4, -0.2) is 19.6 Å². The number of carbonyl (C=O) groups is 1. The molecule has 0 aliphatic carbocycles. The number of anilines is 2.